The average Bonchev–Trinajstić information content (AvgIpc) is 3.11. The van der Waals surface area contributed by atoms with Crippen LogP contribution in [0, 0.1) is 6.92 Å². The van der Waals surface area contributed by atoms with Gasteiger partial charge >= 0.3 is 6.36 Å². The number of amides is 1. The van der Waals surface area contributed by atoms with Gasteiger partial charge in [0.1, 0.15) is 23.9 Å². The van der Waals surface area contributed by atoms with Crippen molar-refractivity contribution in [3.63, 3.8) is 0 Å². The molecule has 3 rings (SSSR count). The van der Waals surface area contributed by atoms with E-state index < -0.39 is 12.3 Å². The minimum Gasteiger partial charge on any atom is -0.486 e. The molecule has 28 heavy (non-hydrogen) atoms. The van der Waals surface area contributed by atoms with Crippen molar-refractivity contribution in [3.8, 4) is 11.5 Å². The van der Waals surface area contributed by atoms with Crippen molar-refractivity contribution in [2.75, 3.05) is 5.32 Å². The van der Waals surface area contributed by atoms with Gasteiger partial charge in [-0.15, -0.1) is 13.2 Å². The molecule has 0 aliphatic heterocycles. The van der Waals surface area contributed by atoms with Crippen LogP contribution in [0.25, 0.3) is 0 Å². The molecule has 0 unspecified atom stereocenters. The van der Waals surface area contributed by atoms with E-state index in [2.05, 4.69) is 10.1 Å². The van der Waals surface area contributed by atoms with E-state index in [-0.39, 0.29) is 18.1 Å². The fourth-order valence-electron chi connectivity index (χ4n) is 2.30. The summed E-state index contributed by atoms with van der Waals surface area (Å²) in [7, 11) is 0. The van der Waals surface area contributed by atoms with E-state index in [0.717, 1.165) is 17.7 Å². The van der Waals surface area contributed by atoms with Gasteiger partial charge in [0.15, 0.2) is 5.76 Å². The third kappa shape index (κ3) is 5.54. The first-order chi connectivity index (χ1) is 13.3. The molecular weight excluding hydrogens is 375 g/mol. The van der Waals surface area contributed by atoms with Crippen molar-refractivity contribution >= 4 is 11.6 Å². The van der Waals surface area contributed by atoms with Crippen molar-refractivity contribution in [1.29, 1.82) is 0 Å². The minimum atomic E-state index is -4.77. The van der Waals surface area contributed by atoms with Crippen LogP contribution in [-0.2, 0) is 6.61 Å². The van der Waals surface area contributed by atoms with Crippen LogP contribution in [0.2, 0.25) is 0 Å². The fourth-order valence-corrected chi connectivity index (χ4v) is 2.30. The van der Waals surface area contributed by atoms with Crippen molar-refractivity contribution in [2.24, 2.45) is 0 Å². The van der Waals surface area contributed by atoms with Crippen molar-refractivity contribution < 1.29 is 31.9 Å². The van der Waals surface area contributed by atoms with Crippen LogP contribution in [0.3, 0.4) is 0 Å². The summed E-state index contributed by atoms with van der Waals surface area (Å²) in [6.45, 7) is 2.12. The topological polar surface area (TPSA) is 60.7 Å². The molecule has 8 heteroatoms. The molecule has 1 aromatic heterocycles. The van der Waals surface area contributed by atoms with Crippen LogP contribution >= 0.6 is 0 Å². The molecule has 146 valence electrons. The summed E-state index contributed by atoms with van der Waals surface area (Å²) >= 11 is 0. The van der Waals surface area contributed by atoms with Crippen molar-refractivity contribution in [3.05, 3.63) is 77.7 Å². The van der Waals surface area contributed by atoms with Crippen LogP contribution < -0.4 is 14.8 Å². The lowest BCUT2D eigenvalue weighted by atomic mass is 10.2. The van der Waals surface area contributed by atoms with Crippen LogP contribution in [0.15, 0.2) is 65.1 Å². The highest BCUT2D eigenvalue weighted by molar-refractivity contribution is 6.02. The monoisotopic (exact) mass is 391 g/mol. The number of hydrogen-bond donors (Lipinski definition) is 1. The lowest BCUT2D eigenvalue weighted by molar-refractivity contribution is -0.274. The molecule has 3 aromatic rings. The fraction of sp³-hybridized carbons (Fsp3) is 0.150. The Morgan fingerprint density at radius 3 is 2.25 bits per heavy atom. The van der Waals surface area contributed by atoms with Crippen molar-refractivity contribution in [2.45, 2.75) is 19.9 Å². The van der Waals surface area contributed by atoms with Crippen LogP contribution in [0.5, 0.6) is 11.5 Å². The molecule has 1 N–H and O–H groups in total. The first-order valence-electron chi connectivity index (χ1n) is 8.24. The number of anilines is 1. The van der Waals surface area contributed by atoms with Gasteiger partial charge in [-0.1, -0.05) is 17.7 Å². The van der Waals surface area contributed by atoms with E-state index in [4.69, 9.17) is 9.15 Å². The van der Waals surface area contributed by atoms with Gasteiger partial charge in [0.25, 0.3) is 5.91 Å². The molecule has 1 heterocycles. The summed E-state index contributed by atoms with van der Waals surface area (Å²) in [5.74, 6) is 0.275. The van der Waals surface area contributed by atoms with Gasteiger partial charge in [0, 0.05) is 5.69 Å². The van der Waals surface area contributed by atoms with Gasteiger partial charge in [-0.2, -0.15) is 0 Å². The average molecular weight is 391 g/mol. The van der Waals surface area contributed by atoms with E-state index in [1.165, 1.54) is 18.2 Å². The molecule has 0 spiro atoms. The summed E-state index contributed by atoms with van der Waals surface area (Å²) in [5.41, 5.74) is 1.41. The van der Waals surface area contributed by atoms with E-state index in [1.807, 2.05) is 31.2 Å². The zero-order chi connectivity index (χ0) is 20.1. The third-order valence-corrected chi connectivity index (χ3v) is 3.63. The number of halogens is 3. The summed E-state index contributed by atoms with van der Waals surface area (Å²) in [4.78, 5) is 12.2. The quantitative estimate of drug-likeness (QED) is 0.618. The Balaban J connectivity index is 1.55. The lowest BCUT2D eigenvalue weighted by Crippen LogP contribution is -2.17. The predicted octanol–water partition coefficient (Wildman–Crippen LogP) is 5.32. The zero-order valence-corrected chi connectivity index (χ0v) is 14.7. The van der Waals surface area contributed by atoms with Gasteiger partial charge in [0.2, 0.25) is 0 Å². The van der Waals surface area contributed by atoms with Crippen LogP contribution in [0.4, 0.5) is 18.9 Å². The van der Waals surface area contributed by atoms with E-state index in [0.29, 0.717) is 17.2 Å². The number of aryl methyl sites for hydroxylation is 1. The smallest absolute Gasteiger partial charge is 0.486 e. The Morgan fingerprint density at radius 2 is 1.61 bits per heavy atom. The van der Waals surface area contributed by atoms with Crippen LogP contribution in [-0.4, -0.2) is 12.3 Å². The lowest BCUT2D eigenvalue weighted by Gasteiger charge is -2.09. The molecule has 0 atom stereocenters. The van der Waals surface area contributed by atoms with E-state index in [1.54, 1.807) is 6.07 Å². The molecule has 0 saturated heterocycles. The molecule has 1 amide bonds. The van der Waals surface area contributed by atoms with Gasteiger partial charge in [-0.3, -0.25) is 4.79 Å². The highest BCUT2D eigenvalue weighted by Gasteiger charge is 2.31. The largest absolute Gasteiger partial charge is 0.573 e. The van der Waals surface area contributed by atoms with Crippen molar-refractivity contribution in [1.82, 2.24) is 0 Å². The first-order valence-corrected chi connectivity index (χ1v) is 8.24. The standard InChI is InChI=1S/C20H16F3NO4/c1-13-2-6-15(7-3-13)26-12-17-10-11-18(27-17)19(25)24-14-4-8-16(9-5-14)28-20(21,22)23/h2-11H,12H2,1H3,(H,24,25). The summed E-state index contributed by atoms with van der Waals surface area (Å²) < 4.78 is 51.2. The molecule has 0 fully saturated rings. The van der Waals surface area contributed by atoms with Gasteiger partial charge in [-0.25, -0.2) is 0 Å². The molecule has 0 radical (unpaired) electrons. The highest BCUT2D eigenvalue weighted by Crippen LogP contribution is 2.24. The summed E-state index contributed by atoms with van der Waals surface area (Å²) in [5, 5.41) is 2.53. The second kappa shape index (κ2) is 8.08. The summed E-state index contributed by atoms with van der Waals surface area (Å²) in [6.07, 6.45) is -4.77. The molecular formula is C20H16F3NO4. The third-order valence-electron chi connectivity index (χ3n) is 3.63. The Bertz CT molecular complexity index is 931. The molecule has 0 aliphatic carbocycles. The number of carbonyl (C=O) groups is 1. The Hall–Kier alpha value is -3.42. The predicted molar refractivity (Wildman–Crippen MR) is 95.3 cm³/mol. The normalized spacial score (nSPS) is 11.1. The number of carbonyl (C=O) groups excluding carboxylic acids is 1. The Morgan fingerprint density at radius 1 is 0.964 bits per heavy atom. The summed E-state index contributed by atoms with van der Waals surface area (Å²) in [6, 6.07) is 15.4. The number of benzene rings is 2. The van der Waals surface area contributed by atoms with Crippen LogP contribution in [0.1, 0.15) is 21.9 Å². The molecule has 5 nitrogen and oxygen atoms in total. The second-order valence-corrected chi connectivity index (χ2v) is 5.89. The number of rotatable bonds is 6. The number of hydrogen-bond acceptors (Lipinski definition) is 4. The number of furan rings is 1. The molecule has 0 aliphatic rings. The molecule has 0 saturated carbocycles. The maximum Gasteiger partial charge on any atom is 0.573 e. The number of nitrogens with one attached hydrogen (secondary N) is 1. The molecule has 2 aromatic carbocycles. The van der Waals surface area contributed by atoms with Gasteiger partial charge < -0.3 is 19.2 Å². The SMILES string of the molecule is Cc1ccc(OCc2ccc(C(=O)Nc3ccc(OC(F)(F)F)cc3)o2)cc1. The highest BCUT2D eigenvalue weighted by atomic mass is 19.4. The zero-order valence-electron chi connectivity index (χ0n) is 14.7. The Kier molecular flexibility index (Phi) is 5.58. The van der Waals surface area contributed by atoms with E-state index >= 15 is 0 Å². The van der Waals surface area contributed by atoms with Gasteiger partial charge in [0.05, 0.1) is 0 Å². The maximum absolute atomic E-state index is 12.2. The number of ether oxygens (including phenoxy) is 2. The maximum atomic E-state index is 12.2. The number of alkyl halides is 3. The minimum absolute atomic E-state index is 0.0538. The molecule has 0 bridgehead atoms. The van der Waals surface area contributed by atoms with Gasteiger partial charge in [-0.05, 0) is 55.5 Å². The second-order valence-electron chi connectivity index (χ2n) is 5.89. The van der Waals surface area contributed by atoms with E-state index in [9.17, 15) is 18.0 Å². The first kappa shape index (κ1) is 19.3. The Labute approximate surface area is 158 Å².